The molecule has 2 aromatic heterocycles. The maximum absolute atomic E-state index is 12.0. The summed E-state index contributed by atoms with van der Waals surface area (Å²) in [6.45, 7) is 2.34. The predicted octanol–water partition coefficient (Wildman–Crippen LogP) is -0.279. The highest BCUT2D eigenvalue weighted by atomic mass is 32.1. The van der Waals surface area contributed by atoms with Crippen molar-refractivity contribution >= 4 is 31.0 Å². The van der Waals surface area contributed by atoms with E-state index >= 15 is 0 Å². The number of carbonyl (C=O) groups is 1. The lowest BCUT2D eigenvalue weighted by molar-refractivity contribution is -0.0000825. The second kappa shape index (κ2) is 10.4. The van der Waals surface area contributed by atoms with E-state index in [-0.39, 0.29) is 43.3 Å². The van der Waals surface area contributed by atoms with Crippen molar-refractivity contribution in [2.24, 2.45) is 0 Å². The van der Waals surface area contributed by atoms with Gasteiger partial charge < -0.3 is 25.4 Å². The molecule has 11 nitrogen and oxygen atoms in total. The topological polar surface area (TPSA) is 147 Å². The van der Waals surface area contributed by atoms with Crippen molar-refractivity contribution < 1.29 is 14.3 Å². The van der Waals surface area contributed by atoms with Crippen LogP contribution in [0.5, 0.6) is 5.75 Å². The minimum atomic E-state index is -0.412. The Bertz CT molecular complexity index is 837. The lowest BCUT2D eigenvalue weighted by Gasteiger charge is -2.23. The van der Waals surface area contributed by atoms with Crippen LogP contribution in [0.15, 0.2) is 18.5 Å². The fourth-order valence-corrected chi connectivity index (χ4v) is 2.31. The van der Waals surface area contributed by atoms with Gasteiger partial charge in [-0.25, -0.2) is 9.97 Å². The van der Waals surface area contributed by atoms with Crippen molar-refractivity contribution in [1.82, 2.24) is 30.8 Å². The molecule has 1 amide bonds. The van der Waals surface area contributed by atoms with Gasteiger partial charge in [-0.3, -0.25) is 4.79 Å². The number of aromatic nitrogens is 4. The molecule has 3 rings (SSSR count). The highest BCUT2D eigenvalue weighted by molar-refractivity contribution is 7.59. The number of carbonyl (C=O) groups excluding carboxylic acids is 1. The fourth-order valence-electron chi connectivity index (χ4n) is 2.31. The van der Waals surface area contributed by atoms with Crippen LogP contribution >= 0.6 is 13.5 Å². The van der Waals surface area contributed by atoms with Gasteiger partial charge in [-0.2, -0.15) is 18.8 Å². The van der Waals surface area contributed by atoms with E-state index in [9.17, 15) is 4.79 Å². The van der Waals surface area contributed by atoms with Crippen molar-refractivity contribution in [3.05, 3.63) is 29.8 Å². The Balaban J connectivity index is 0.00000280. The zero-order valence-corrected chi connectivity index (χ0v) is 16.1. The molecular formula is C16H20N8O3S. The molecule has 3 heterocycles. The minimum Gasteiger partial charge on any atom is -0.488 e. The summed E-state index contributed by atoms with van der Waals surface area (Å²) in [5.41, 5.74) is 0.268. The molecule has 28 heavy (non-hydrogen) atoms. The average Bonchev–Trinajstić information content (AvgIpc) is 2.73. The van der Waals surface area contributed by atoms with Gasteiger partial charge in [0.2, 0.25) is 0 Å². The second-order valence-electron chi connectivity index (χ2n) is 5.55. The number of anilines is 2. The summed E-state index contributed by atoms with van der Waals surface area (Å²) in [4.78, 5) is 20.0. The van der Waals surface area contributed by atoms with Crippen LogP contribution in [0.1, 0.15) is 16.2 Å². The summed E-state index contributed by atoms with van der Waals surface area (Å²) >= 11 is 0. The summed E-state index contributed by atoms with van der Waals surface area (Å²) in [7, 11) is 1.50. The van der Waals surface area contributed by atoms with E-state index in [4.69, 9.17) is 14.7 Å². The number of amides is 1. The van der Waals surface area contributed by atoms with E-state index < -0.39 is 5.91 Å². The smallest absolute Gasteiger partial charge is 0.275 e. The van der Waals surface area contributed by atoms with Crippen molar-refractivity contribution in [2.45, 2.75) is 6.10 Å². The highest BCUT2D eigenvalue weighted by Crippen LogP contribution is 2.21. The Kier molecular flexibility index (Phi) is 7.88. The summed E-state index contributed by atoms with van der Waals surface area (Å²) in [5.74, 6) is 0.550. The third-order valence-corrected chi connectivity index (χ3v) is 3.65. The third kappa shape index (κ3) is 5.49. The third-order valence-electron chi connectivity index (χ3n) is 3.65. The largest absolute Gasteiger partial charge is 0.488 e. The Morgan fingerprint density at radius 3 is 2.89 bits per heavy atom. The Morgan fingerprint density at radius 2 is 2.25 bits per heavy atom. The van der Waals surface area contributed by atoms with Crippen LogP contribution in [-0.2, 0) is 4.74 Å². The van der Waals surface area contributed by atoms with Gasteiger partial charge in [0.1, 0.15) is 24.6 Å². The van der Waals surface area contributed by atoms with Crippen molar-refractivity contribution in [3.8, 4) is 11.8 Å². The maximum atomic E-state index is 12.0. The van der Waals surface area contributed by atoms with Gasteiger partial charge in [-0.05, 0) is 0 Å². The molecule has 0 aromatic carbocycles. The first-order valence-electron chi connectivity index (χ1n) is 8.23. The quantitative estimate of drug-likeness (QED) is 0.587. The highest BCUT2D eigenvalue weighted by Gasteiger charge is 2.19. The normalized spacial score (nSPS) is 15.6. The van der Waals surface area contributed by atoms with Gasteiger partial charge in [-0.1, -0.05) is 0 Å². The number of nitrogens with one attached hydrogen (secondary N) is 3. The monoisotopic (exact) mass is 404 g/mol. The van der Waals surface area contributed by atoms with Crippen LogP contribution < -0.4 is 20.7 Å². The van der Waals surface area contributed by atoms with E-state index in [2.05, 4.69) is 36.1 Å². The molecule has 148 valence electrons. The van der Waals surface area contributed by atoms with Crippen LogP contribution in [0.2, 0.25) is 0 Å². The zero-order chi connectivity index (χ0) is 19.1. The van der Waals surface area contributed by atoms with Crippen molar-refractivity contribution in [3.63, 3.8) is 0 Å². The lowest BCUT2D eigenvalue weighted by atomic mass is 10.3. The summed E-state index contributed by atoms with van der Waals surface area (Å²) in [5, 5.41) is 25.3. The van der Waals surface area contributed by atoms with E-state index in [1.165, 1.54) is 19.4 Å². The minimum absolute atomic E-state index is 0. The summed E-state index contributed by atoms with van der Waals surface area (Å²) < 4.78 is 11.4. The van der Waals surface area contributed by atoms with Crippen LogP contribution in [-0.4, -0.2) is 65.5 Å². The maximum Gasteiger partial charge on any atom is 0.275 e. The van der Waals surface area contributed by atoms with Gasteiger partial charge >= 0.3 is 0 Å². The molecule has 0 saturated carbocycles. The summed E-state index contributed by atoms with van der Waals surface area (Å²) in [6.07, 6.45) is 2.61. The van der Waals surface area contributed by atoms with Gasteiger partial charge in [-0.15, -0.1) is 10.2 Å². The average molecular weight is 404 g/mol. The lowest BCUT2D eigenvalue weighted by Crippen LogP contribution is -2.41. The molecule has 2 aromatic rings. The number of morpholine rings is 1. The van der Waals surface area contributed by atoms with E-state index in [1.54, 1.807) is 6.07 Å². The van der Waals surface area contributed by atoms with Crippen LogP contribution in [0, 0.1) is 11.3 Å². The van der Waals surface area contributed by atoms with Gasteiger partial charge in [0.15, 0.2) is 23.0 Å². The number of ether oxygens (including phenoxy) is 2. The Labute approximate surface area is 168 Å². The van der Waals surface area contributed by atoms with Gasteiger partial charge in [0.25, 0.3) is 5.91 Å². The molecule has 1 atom stereocenters. The van der Waals surface area contributed by atoms with Crippen molar-refractivity contribution in [1.29, 1.82) is 5.26 Å². The number of nitrogens with zero attached hydrogens (tertiary/aromatic N) is 5. The molecule has 0 bridgehead atoms. The predicted molar refractivity (Wildman–Crippen MR) is 104 cm³/mol. The number of hydrogen-bond donors (Lipinski definition) is 3. The molecule has 1 aliphatic rings. The van der Waals surface area contributed by atoms with Crippen LogP contribution in [0.25, 0.3) is 0 Å². The molecule has 1 aliphatic heterocycles. The molecular weight excluding hydrogens is 384 g/mol. The standard InChI is InChI=1S/C16H18N8O3.H2S/c1-18-16(25)15-12(27-9-11-7-19-2-3-26-11)4-13(23-24-15)22-14-8-20-10(5-17)6-21-14;/h4,6,8,11,19H,2-3,7,9H2,1H3,(H,18,25)(H,21,22,23);1H2/t11-;/m0./s1. The van der Waals surface area contributed by atoms with Gasteiger partial charge in [0, 0.05) is 26.2 Å². The molecule has 3 N–H and O–H groups in total. The molecule has 0 unspecified atom stereocenters. The Hall–Kier alpha value is -3.01. The summed E-state index contributed by atoms with van der Waals surface area (Å²) in [6, 6.07) is 3.44. The second-order valence-corrected chi connectivity index (χ2v) is 5.55. The number of hydrogen-bond acceptors (Lipinski definition) is 10. The molecule has 12 heteroatoms. The van der Waals surface area contributed by atoms with Crippen molar-refractivity contribution in [2.75, 3.05) is 38.7 Å². The van der Waals surface area contributed by atoms with E-state index in [0.29, 0.717) is 24.8 Å². The first-order valence-corrected chi connectivity index (χ1v) is 8.23. The molecule has 1 fully saturated rings. The molecule has 0 radical (unpaired) electrons. The SMILES string of the molecule is CNC(=O)c1nnc(Nc2cnc(C#N)cn2)cc1OC[C@@H]1CNCCO1.S. The molecule has 0 aliphatic carbocycles. The molecule has 1 saturated heterocycles. The van der Waals surface area contributed by atoms with E-state index in [0.717, 1.165) is 6.54 Å². The fraction of sp³-hybridized carbons (Fsp3) is 0.375. The first-order chi connectivity index (χ1) is 13.2. The number of rotatable bonds is 6. The van der Waals surface area contributed by atoms with Crippen LogP contribution in [0.4, 0.5) is 11.6 Å². The number of nitriles is 1. The zero-order valence-electron chi connectivity index (χ0n) is 15.1. The van der Waals surface area contributed by atoms with E-state index in [1.807, 2.05) is 6.07 Å². The molecule has 0 spiro atoms. The van der Waals surface area contributed by atoms with Gasteiger partial charge in [0.05, 0.1) is 19.0 Å². The van der Waals surface area contributed by atoms with Crippen LogP contribution in [0.3, 0.4) is 0 Å². The Morgan fingerprint density at radius 1 is 1.39 bits per heavy atom. The first kappa shape index (κ1) is 21.3.